The highest BCUT2D eigenvalue weighted by Gasteiger charge is 2.20. The van der Waals surface area contributed by atoms with Gasteiger partial charge in [-0.3, -0.25) is 0 Å². The van der Waals surface area contributed by atoms with Gasteiger partial charge in [-0.15, -0.1) is 11.6 Å². The molecule has 0 spiro atoms. The van der Waals surface area contributed by atoms with Crippen molar-refractivity contribution in [3.63, 3.8) is 0 Å². The van der Waals surface area contributed by atoms with Crippen LogP contribution in [0, 0.1) is 12.8 Å². The van der Waals surface area contributed by atoms with E-state index in [0.29, 0.717) is 11.3 Å². The van der Waals surface area contributed by atoms with Crippen LogP contribution in [0.4, 0.5) is 5.82 Å². The van der Waals surface area contributed by atoms with Gasteiger partial charge < -0.3 is 5.32 Å². The molecule has 0 radical (unpaired) electrons. The Balaban J connectivity index is 1.72. The van der Waals surface area contributed by atoms with Gasteiger partial charge in [0.05, 0.1) is 16.7 Å². The SMILES string of the molecule is Cc1nc2ccccc2nc1NCC1CCCC(Cl)C1. The van der Waals surface area contributed by atoms with Crippen molar-refractivity contribution in [1.29, 1.82) is 0 Å². The van der Waals surface area contributed by atoms with E-state index in [2.05, 4.69) is 15.3 Å². The zero-order valence-corrected chi connectivity index (χ0v) is 12.5. The predicted octanol–water partition coefficient (Wildman–Crippen LogP) is 4.15. The second-order valence-electron chi connectivity index (χ2n) is 5.66. The van der Waals surface area contributed by atoms with Crippen LogP contribution >= 0.6 is 11.6 Å². The van der Waals surface area contributed by atoms with Crippen LogP contribution in [-0.4, -0.2) is 21.9 Å². The number of nitrogens with zero attached hydrogens (tertiary/aromatic N) is 2. The number of benzene rings is 1. The summed E-state index contributed by atoms with van der Waals surface area (Å²) in [4.78, 5) is 9.27. The third-order valence-electron chi connectivity index (χ3n) is 4.02. The molecule has 106 valence electrons. The molecule has 1 fully saturated rings. The van der Waals surface area contributed by atoms with Crippen LogP contribution in [0.3, 0.4) is 0 Å². The lowest BCUT2D eigenvalue weighted by Gasteiger charge is -2.25. The van der Waals surface area contributed by atoms with Crippen LogP contribution in [0.2, 0.25) is 0 Å². The van der Waals surface area contributed by atoms with Gasteiger partial charge >= 0.3 is 0 Å². The summed E-state index contributed by atoms with van der Waals surface area (Å²) in [6, 6.07) is 7.99. The first-order valence-electron chi connectivity index (χ1n) is 7.33. The molecule has 2 aromatic rings. The maximum Gasteiger partial charge on any atom is 0.148 e. The normalized spacial score (nSPS) is 22.9. The Labute approximate surface area is 124 Å². The largest absolute Gasteiger partial charge is 0.368 e. The molecule has 0 saturated heterocycles. The molecule has 1 aliphatic rings. The maximum absolute atomic E-state index is 6.25. The molecule has 1 aromatic carbocycles. The fourth-order valence-electron chi connectivity index (χ4n) is 2.91. The van der Waals surface area contributed by atoms with Gasteiger partial charge in [0.1, 0.15) is 5.82 Å². The van der Waals surface area contributed by atoms with E-state index >= 15 is 0 Å². The van der Waals surface area contributed by atoms with E-state index in [-0.39, 0.29) is 0 Å². The van der Waals surface area contributed by atoms with Crippen molar-refractivity contribution < 1.29 is 0 Å². The van der Waals surface area contributed by atoms with Crippen molar-refractivity contribution in [1.82, 2.24) is 9.97 Å². The fourth-order valence-corrected chi connectivity index (χ4v) is 3.31. The summed E-state index contributed by atoms with van der Waals surface area (Å²) in [5.74, 6) is 1.55. The van der Waals surface area contributed by atoms with Crippen LogP contribution in [0.25, 0.3) is 11.0 Å². The van der Waals surface area contributed by atoms with Crippen molar-refractivity contribution in [3.05, 3.63) is 30.0 Å². The monoisotopic (exact) mass is 289 g/mol. The Morgan fingerprint density at radius 1 is 1.20 bits per heavy atom. The van der Waals surface area contributed by atoms with Crippen molar-refractivity contribution >= 4 is 28.5 Å². The minimum absolute atomic E-state index is 0.347. The third kappa shape index (κ3) is 3.04. The zero-order valence-electron chi connectivity index (χ0n) is 11.8. The van der Waals surface area contributed by atoms with E-state index in [9.17, 15) is 0 Å². The predicted molar refractivity (Wildman–Crippen MR) is 84.4 cm³/mol. The number of para-hydroxylation sites is 2. The molecule has 1 heterocycles. The van der Waals surface area contributed by atoms with Crippen LogP contribution in [-0.2, 0) is 0 Å². The summed E-state index contributed by atoms with van der Waals surface area (Å²) < 4.78 is 0. The molecule has 0 aliphatic heterocycles. The Hall–Kier alpha value is -1.35. The molecule has 1 aromatic heterocycles. The van der Waals surface area contributed by atoms with Gasteiger partial charge in [0.15, 0.2) is 0 Å². The minimum atomic E-state index is 0.347. The average molecular weight is 290 g/mol. The molecule has 0 amide bonds. The lowest BCUT2D eigenvalue weighted by molar-refractivity contribution is 0.378. The van der Waals surface area contributed by atoms with Gasteiger partial charge in [0.2, 0.25) is 0 Å². The first kappa shape index (κ1) is 13.6. The number of fused-ring (bicyclic) bond motifs is 1. The highest BCUT2D eigenvalue weighted by Crippen LogP contribution is 2.28. The number of rotatable bonds is 3. The van der Waals surface area contributed by atoms with Crippen molar-refractivity contribution in [3.8, 4) is 0 Å². The van der Waals surface area contributed by atoms with Gasteiger partial charge in [0, 0.05) is 11.9 Å². The third-order valence-corrected chi connectivity index (χ3v) is 4.42. The molecular formula is C16H20ClN3. The van der Waals surface area contributed by atoms with E-state index in [1.807, 2.05) is 31.2 Å². The Morgan fingerprint density at radius 3 is 2.70 bits per heavy atom. The highest BCUT2D eigenvalue weighted by atomic mass is 35.5. The molecule has 3 rings (SSSR count). The highest BCUT2D eigenvalue weighted by molar-refractivity contribution is 6.20. The smallest absolute Gasteiger partial charge is 0.148 e. The zero-order chi connectivity index (χ0) is 13.9. The number of aryl methyl sites for hydroxylation is 1. The number of halogens is 1. The van der Waals surface area contributed by atoms with E-state index in [1.165, 1.54) is 12.8 Å². The second kappa shape index (κ2) is 5.96. The molecule has 0 bridgehead atoms. The lowest BCUT2D eigenvalue weighted by atomic mass is 9.89. The number of alkyl halides is 1. The number of hydrogen-bond acceptors (Lipinski definition) is 3. The first-order valence-corrected chi connectivity index (χ1v) is 7.77. The van der Waals surface area contributed by atoms with E-state index in [4.69, 9.17) is 11.6 Å². The summed E-state index contributed by atoms with van der Waals surface area (Å²) in [6.07, 6.45) is 4.76. The number of hydrogen-bond donors (Lipinski definition) is 1. The summed E-state index contributed by atoms with van der Waals surface area (Å²) in [7, 11) is 0. The fraction of sp³-hybridized carbons (Fsp3) is 0.500. The Kier molecular flexibility index (Phi) is 4.06. The van der Waals surface area contributed by atoms with Crippen LogP contribution in [0.15, 0.2) is 24.3 Å². The molecule has 4 heteroatoms. The van der Waals surface area contributed by atoms with Gasteiger partial charge in [-0.2, -0.15) is 0 Å². The number of aromatic nitrogens is 2. The Morgan fingerprint density at radius 2 is 1.95 bits per heavy atom. The summed E-state index contributed by atoms with van der Waals surface area (Å²) in [5.41, 5.74) is 2.86. The Bertz CT molecular complexity index is 599. The van der Waals surface area contributed by atoms with Gasteiger partial charge in [-0.05, 0) is 44.2 Å². The molecule has 1 N–H and O–H groups in total. The molecule has 3 nitrogen and oxygen atoms in total. The number of nitrogens with one attached hydrogen (secondary N) is 1. The van der Waals surface area contributed by atoms with E-state index in [1.54, 1.807) is 0 Å². The lowest BCUT2D eigenvalue weighted by Crippen LogP contribution is -2.23. The second-order valence-corrected chi connectivity index (χ2v) is 6.27. The summed E-state index contributed by atoms with van der Waals surface area (Å²) in [5, 5.41) is 3.81. The van der Waals surface area contributed by atoms with E-state index in [0.717, 1.165) is 41.9 Å². The summed E-state index contributed by atoms with van der Waals surface area (Å²) >= 11 is 6.25. The summed E-state index contributed by atoms with van der Waals surface area (Å²) in [6.45, 7) is 2.95. The minimum Gasteiger partial charge on any atom is -0.368 e. The van der Waals surface area contributed by atoms with E-state index < -0.39 is 0 Å². The average Bonchev–Trinajstić information content (AvgIpc) is 2.45. The topological polar surface area (TPSA) is 37.8 Å². The molecule has 2 unspecified atom stereocenters. The molecule has 20 heavy (non-hydrogen) atoms. The van der Waals surface area contributed by atoms with Crippen molar-refractivity contribution in [2.45, 2.75) is 38.0 Å². The standard InChI is InChI=1S/C16H20ClN3/c1-11-16(18-10-12-5-4-6-13(17)9-12)20-15-8-3-2-7-14(15)19-11/h2-3,7-8,12-13H,4-6,9-10H2,1H3,(H,18,20). The molecule has 1 aliphatic carbocycles. The van der Waals surface area contributed by atoms with Gasteiger partial charge in [-0.25, -0.2) is 9.97 Å². The molecule has 2 atom stereocenters. The van der Waals surface area contributed by atoms with Crippen LogP contribution in [0.1, 0.15) is 31.4 Å². The van der Waals surface area contributed by atoms with Gasteiger partial charge in [-0.1, -0.05) is 18.6 Å². The van der Waals surface area contributed by atoms with Crippen LogP contribution in [0.5, 0.6) is 0 Å². The quantitative estimate of drug-likeness (QED) is 0.863. The number of anilines is 1. The molecule has 1 saturated carbocycles. The van der Waals surface area contributed by atoms with Gasteiger partial charge in [0.25, 0.3) is 0 Å². The van der Waals surface area contributed by atoms with Crippen molar-refractivity contribution in [2.75, 3.05) is 11.9 Å². The first-order chi connectivity index (χ1) is 9.72. The van der Waals surface area contributed by atoms with Crippen LogP contribution < -0.4 is 5.32 Å². The van der Waals surface area contributed by atoms with Crippen molar-refractivity contribution in [2.24, 2.45) is 5.92 Å². The maximum atomic E-state index is 6.25. The molecular weight excluding hydrogens is 270 g/mol.